The van der Waals surface area contributed by atoms with Crippen molar-refractivity contribution in [2.24, 2.45) is 5.10 Å². The zero-order valence-corrected chi connectivity index (χ0v) is 17.4. The number of carbonyl (C=O) groups is 1. The molecular weight excluding hydrogens is 427 g/mol. The van der Waals surface area contributed by atoms with Gasteiger partial charge in [-0.25, -0.2) is 5.43 Å². The second kappa shape index (κ2) is 10.0. The molecule has 2 N–H and O–H groups in total. The Kier molecular flexibility index (Phi) is 7.17. The Balaban J connectivity index is 1.60. The maximum atomic E-state index is 12.2. The van der Waals surface area contributed by atoms with E-state index in [9.17, 15) is 9.90 Å². The van der Waals surface area contributed by atoms with E-state index in [1.54, 1.807) is 42.5 Å². The van der Waals surface area contributed by atoms with Crippen LogP contribution in [-0.2, 0) is 6.61 Å². The highest BCUT2D eigenvalue weighted by atomic mass is 35.5. The van der Waals surface area contributed by atoms with Crippen molar-refractivity contribution >= 4 is 35.3 Å². The Morgan fingerprint density at radius 3 is 2.67 bits per heavy atom. The van der Waals surface area contributed by atoms with E-state index >= 15 is 0 Å². The van der Waals surface area contributed by atoms with Crippen LogP contribution in [0.5, 0.6) is 17.2 Å². The molecule has 0 aliphatic carbocycles. The third-order valence-corrected chi connectivity index (χ3v) is 4.68. The molecule has 0 saturated carbocycles. The van der Waals surface area contributed by atoms with Gasteiger partial charge in [0.05, 0.1) is 18.9 Å². The Bertz CT molecular complexity index is 1090. The summed E-state index contributed by atoms with van der Waals surface area (Å²) in [5, 5.41) is 14.9. The van der Waals surface area contributed by atoms with Crippen LogP contribution in [0.3, 0.4) is 0 Å². The Hall–Kier alpha value is -3.22. The Morgan fingerprint density at radius 1 is 1.10 bits per heavy atom. The molecule has 6 nitrogen and oxygen atoms in total. The fourth-order valence-corrected chi connectivity index (χ4v) is 3.00. The van der Waals surface area contributed by atoms with Gasteiger partial charge in [0.2, 0.25) is 0 Å². The third kappa shape index (κ3) is 5.65. The fraction of sp³-hybridized carbons (Fsp3) is 0.0909. The minimum absolute atomic E-state index is 0.0878. The van der Waals surface area contributed by atoms with Crippen LogP contribution >= 0.6 is 23.2 Å². The number of phenols is 1. The molecule has 0 heterocycles. The lowest BCUT2D eigenvalue weighted by Crippen LogP contribution is -2.17. The number of nitrogens with one attached hydrogen (secondary N) is 1. The normalized spacial score (nSPS) is 10.8. The van der Waals surface area contributed by atoms with Gasteiger partial charge in [0.15, 0.2) is 0 Å². The van der Waals surface area contributed by atoms with Crippen LogP contribution in [0.2, 0.25) is 10.0 Å². The van der Waals surface area contributed by atoms with Crippen molar-refractivity contribution in [1.29, 1.82) is 0 Å². The molecule has 0 saturated heterocycles. The van der Waals surface area contributed by atoms with Crippen LogP contribution in [0.4, 0.5) is 0 Å². The molecule has 3 aromatic rings. The quantitative estimate of drug-likeness (QED) is 0.394. The van der Waals surface area contributed by atoms with Crippen LogP contribution < -0.4 is 14.9 Å². The summed E-state index contributed by atoms with van der Waals surface area (Å²) < 4.78 is 10.8. The summed E-state index contributed by atoms with van der Waals surface area (Å²) in [6, 6.07) is 16.8. The standard InChI is InChI=1S/C22H18Cl2N2O4/c1-29-17-7-8-19(21(27)11-17)22(28)26-25-12-14-3-2-4-18(9-14)30-13-15-5-6-16(23)10-20(15)24/h2-12,27H,13H2,1H3,(H,26,28)/b25-12-. The van der Waals surface area contributed by atoms with Gasteiger partial charge in [-0.1, -0.05) is 41.4 Å². The second-order valence-electron chi connectivity index (χ2n) is 6.18. The van der Waals surface area contributed by atoms with Crippen molar-refractivity contribution in [2.75, 3.05) is 7.11 Å². The summed E-state index contributed by atoms with van der Waals surface area (Å²) >= 11 is 12.1. The molecule has 0 radical (unpaired) electrons. The lowest BCUT2D eigenvalue weighted by molar-refractivity contribution is 0.0952. The van der Waals surface area contributed by atoms with Gasteiger partial charge in [-0.3, -0.25) is 4.79 Å². The van der Waals surface area contributed by atoms with Crippen LogP contribution in [0, 0.1) is 0 Å². The molecule has 0 fully saturated rings. The number of nitrogens with zero attached hydrogens (tertiary/aromatic N) is 1. The van der Waals surface area contributed by atoms with E-state index in [4.69, 9.17) is 32.7 Å². The van der Waals surface area contributed by atoms with E-state index in [1.165, 1.54) is 25.5 Å². The van der Waals surface area contributed by atoms with Crippen LogP contribution in [0.1, 0.15) is 21.5 Å². The number of aromatic hydroxyl groups is 1. The first kappa shape index (κ1) is 21.5. The second-order valence-corrected chi connectivity index (χ2v) is 7.02. The van der Waals surface area contributed by atoms with Crippen molar-refractivity contribution in [2.45, 2.75) is 6.61 Å². The number of amides is 1. The van der Waals surface area contributed by atoms with E-state index < -0.39 is 5.91 Å². The van der Waals surface area contributed by atoms with Gasteiger partial charge in [0.25, 0.3) is 5.91 Å². The van der Waals surface area contributed by atoms with E-state index in [-0.39, 0.29) is 17.9 Å². The number of hydrogen-bond donors (Lipinski definition) is 2. The first-order valence-electron chi connectivity index (χ1n) is 8.83. The zero-order valence-electron chi connectivity index (χ0n) is 15.9. The van der Waals surface area contributed by atoms with Crippen molar-refractivity contribution in [3.8, 4) is 17.2 Å². The smallest absolute Gasteiger partial charge is 0.275 e. The van der Waals surface area contributed by atoms with Crippen molar-refractivity contribution in [3.05, 3.63) is 87.4 Å². The molecule has 1 amide bonds. The first-order valence-corrected chi connectivity index (χ1v) is 9.59. The largest absolute Gasteiger partial charge is 0.507 e. The highest BCUT2D eigenvalue weighted by Gasteiger charge is 2.11. The highest BCUT2D eigenvalue weighted by Crippen LogP contribution is 2.24. The fourth-order valence-electron chi connectivity index (χ4n) is 2.54. The summed E-state index contributed by atoms with van der Waals surface area (Å²) in [4.78, 5) is 12.2. The minimum atomic E-state index is -0.545. The molecule has 0 aromatic heterocycles. The molecule has 0 unspecified atom stereocenters. The molecule has 0 bridgehead atoms. The number of carbonyl (C=O) groups excluding carboxylic acids is 1. The average molecular weight is 445 g/mol. The maximum Gasteiger partial charge on any atom is 0.275 e. The highest BCUT2D eigenvalue weighted by molar-refractivity contribution is 6.35. The van der Waals surface area contributed by atoms with Crippen molar-refractivity contribution in [1.82, 2.24) is 5.43 Å². The Morgan fingerprint density at radius 2 is 1.93 bits per heavy atom. The number of rotatable bonds is 7. The number of hydrogen-bond acceptors (Lipinski definition) is 5. The monoisotopic (exact) mass is 444 g/mol. The van der Waals surface area contributed by atoms with E-state index in [0.29, 0.717) is 27.1 Å². The minimum Gasteiger partial charge on any atom is -0.507 e. The predicted octanol–water partition coefficient (Wildman–Crippen LogP) is 5.05. The van der Waals surface area contributed by atoms with E-state index in [1.807, 2.05) is 6.07 Å². The number of phenolic OH excluding ortho intramolecular Hbond substituents is 1. The average Bonchev–Trinajstić information content (AvgIpc) is 2.73. The predicted molar refractivity (Wildman–Crippen MR) is 117 cm³/mol. The summed E-state index contributed by atoms with van der Waals surface area (Å²) in [6.45, 7) is 0.282. The number of ether oxygens (including phenoxy) is 2. The lowest BCUT2D eigenvalue weighted by atomic mass is 10.2. The zero-order chi connectivity index (χ0) is 21.5. The lowest BCUT2D eigenvalue weighted by Gasteiger charge is -2.08. The van der Waals surface area contributed by atoms with Crippen LogP contribution in [0.15, 0.2) is 65.8 Å². The maximum absolute atomic E-state index is 12.2. The molecule has 3 aromatic carbocycles. The van der Waals surface area contributed by atoms with Crippen molar-refractivity contribution in [3.63, 3.8) is 0 Å². The van der Waals surface area contributed by atoms with Gasteiger partial charge < -0.3 is 14.6 Å². The number of methoxy groups -OCH3 is 1. The van der Waals surface area contributed by atoms with Crippen LogP contribution in [-0.4, -0.2) is 24.3 Å². The van der Waals surface area contributed by atoms with Gasteiger partial charge in [0, 0.05) is 21.7 Å². The molecule has 8 heteroatoms. The van der Waals surface area contributed by atoms with E-state index in [0.717, 1.165) is 5.56 Å². The summed E-state index contributed by atoms with van der Waals surface area (Å²) in [5.74, 6) is 0.322. The Labute approximate surface area is 183 Å². The molecule has 3 rings (SSSR count). The molecule has 0 aliphatic heterocycles. The number of hydrazone groups is 1. The van der Waals surface area contributed by atoms with Gasteiger partial charge >= 0.3 is 0 Å². The first-order chi connectivity index (χ1) is 14.5. The molecule has 0 spiro atoms. The van der Waals surface area contributed by atoms with Gasteiger partial charge in [-0.15, -0.1) is 0 Å². The topological polar surface area (TPSA) is 80.2 Å². The van der Waals surface area contributed by atoms with E-state index in [2.05, 4.69) is 10.5 Å². The van der Waals surface area contributed by atoms with Crippen molar-refractivity contribution < 1.29 is 19.4 Å². The summed E-state index contributed by atoms with van der Waals surface area (Å²) in [7, 11) is 1.47. The molecule has 154 valence electrons. The van der Waals surface area contributed by atoms with Crippen LogP contribution in [0.25, 0.3) is 0 Å². The number of halogens is 2. The van der Waals surface area contributed by atoms with Gasteiger partial charge in [-0.05, 0) is 42.0 Å². The molecule has 30 heavy (non-hydrogen) atoms. The number of benzene rings is 3. The third-order valence-electron chi connectivity index (χ3n) is 4.10. The summed E-state index contributed by atoms with van der Waals surface area (Å²) in [5.41, 5.74) is 3.99. The molecule has 0 aliphatic rings. The summed E-state index contributed by atoms with van der Waals surface area (Å²) in [6.07, 6.45) is 1.47. The van der Waals surface area contributed by atoms with Gasteiger partial charge in [0.1, 0.15) is 23.9 Å². The molecular formula is C22H18Cl2N2O4. The molecule has 0 atom stereocenters. The van der Waals surface area contributed by atoms with Gasteiger partial charge in [-0.2, -0.15) is 5.10 Å². The SMILES string of the molecule is COc1ccc(C(=O)N/N=C\c2cccc(OCc3ccc(Cl)cc3Cl)c2)c(O)c1.